The molecule has 0 aliphatic carbocycles. The lowest BCUT2D eigenvalue weighted by Gasteiger charge is -2.33. The highest BCUT2D eigenvalue weighted by Gasteiger charge is 2.31. The highest BCUT2D eigenvalue weighted by Crippen LogP contribution is 2.30. The number of nitrogens with zero attached hydrogens (tertiary/aromatic N) is 4. The molecule has 0 saturated carbocycles. The van der Waals surface area contributed by atoms with Crippen LogP contribution in [-0.2, 0) is 16.4 Å². The number of sulfonamides is 1. The van der Waals surface area contributed by atoms with Gasteiger partial charge in [-0.15, -0.1) is 10.2 Å². The molecule has 2 heterocycles. The Kier molecular flexibility index (Phi) is 5.81. The zero-order valence-electron chi connectivity index (χ0n) is 14.7. The van der Waals surface area contributed by atoms with Crippen LogP contribution < -0.4 is 4.74 Å². The zero-order chi connectivity index (χ0) is 18.7. The normalized spacial score (nSPS) is 16.7. The van der Waals surface area contributed by atoms with E-state index in [1.165, 1.54) is 17.5 Å². The molecular weight excluding hydrogens is 380 g/mol. The fourth-order valence-corrected chi connectivity index (χ4v) is 4.72. The Labute approximate surface area is 157 Å². The second kappa shape index (κ2) is 7.91. The molecule has 1 aromatic carbocycles. The summed E-state index contributed by atoms with van der Waals surface area (Å²) in [6, 6.07) is 4.61. The van der Waals surface area contributed by atoms with Crippen molar-refractivity contribution < 1.29 is 17.6 Å². The molecular formula is C16H21ClN4O4S. The topological polar surface area (TPSA) is 88.8 Å². The van der Waals surface area contributed by atoms with Crippen LogP contribution in [0, 0.1) is 6.92 Å². The molecule has 0 amide bonds. The van der Waals surface area contributed by atoms with E-state index in [1.54, 1.807) is 19.1 Å². The van der Waals surface area contributed by atoms with Crippen LogP contribution in [0.25, 0.3) is 0 Å². The Morgan fingerprint density at radius 1 is 1.23 bits per heavy atom. The van der Waals surface area contributed by atoms with E-state index in [9.17, 15) is 8.42 Å². The first-order valence-corrected chi connectivity index (χ1v) is 10.1. The van der Waals surface area contributed by atoms with Crippen LogP contribution in [-0.4, -0.2) is 67.7 Å². The summed E-state index contributed by atoms with van der Waals surface area (Å²) in [6.45, 7) is 4.58. The molecule has 2 aromatic rings. The maximum absolute atomic E-state index is 12.9. The second-order valence-corrected chi connectivity index (χ2v) is 8.35. The molecule has 0 unspecified atom stereocenters. The van der Waals surface area contributed by atoms with Crippen LogP contribution in [0.1, 0.15) is 11.8 Å². The minimum Gasteiger partial charge on any atom is -0.495 e. The van der Waals surface area contributed by atoms with Crippen molar-refractivity contribution in [1.29, 1.82) is 0 Å². The second-order valence-electron chi connectivity index (χ2n) is 6.01. The molecule has 1 fully saturated rings. The summed E-state index contributed by atoms with van der Waals surface area (Å²) in [5.41, 5.74) is 0. The van der Waals surface area contributed by atoms with Crippen molar-refractivity contribution in [3.8, 4) is 5.75 Å². The van der Waals surface area contributed by atoms with E-state index in [4.69, 9.17) is 20.8 Å². The van der Waals surface area contributed by atoms with Crippen LogP contribution in [0.3, 0.4) is 0 Å². The summed E-state index contributed by atoms with van der Waals surface area (Å²) in [5, 5.41) is 8.14. The van der Waals surface area contributed by atoms with Crippen molar-refractivity contribution in [2.45, 2.75) is 18.2 Å². The van der Waals surface area contributed by atoms with Crippen molar-refractivity contribution in [3.63, 3.8) is 0 Å². The van der Waals surface area contributed by atoms with Gasteiger partial charge in [-0.3, -0.25) is 0 Å². The molecule has 1 aliphatic heterocycles. The molecule has 10 heteroatoms. The average molecular weight is 401 g/mol. The van der Waals surface area contributed by atoms with E-state index in [0.29, 0.717) is 55.2 Å². The molecule has 0 N–H and O–H groups in total. The van der Waals surface area contributed by atoms with Crippen molar-refractivity contribution in [2.24, 2.45) is 0 Å². The SMILES string of the molecule is COc1ccc(Cl)cc1S(=O)(=O)N1CCN(CCc2nnc(C)o2)CC1. The molecule has 8 nitrogen and oxygen atoms in total. The quantitative estimate of drug-likeness (QED) is 0.727. The van der Waals surface area contributed by atoms with Gasteiger partial charge >= 0.3 is 0 Å². The number of ether oxygens (including phenoxy) is 1. The Bertz CT molecular complexity index is 863. The summed E-state index contributed by atoms with van der Waals surface area (Å²) in [4.78, 5) is 2.28. The largest absolute Gasteiger partial charge is 0.495 e. The van der Waals surface area contributed by atoms with Gasteiger partial charge in [0.25, 0.3) is 0 Å². The predicted octanol–water partition coefficient (Wildman–Crippen LogP) is 1.59. The van der Waals surface area contributed by atoms with Crippen LogP contribution >= 0.6 is 11.6 Å². The standard InChI is InChI=1S/C16H21ClN4O4S/c1-12-18-19-16(25-12)5-6-20-7-9-21(10-8-20)26(22,23)15-11-13(17)3-4-14(15)24-2/h3-4,11H,5-10H2,1-2H3. The van der Waals surface area contributed by atoms with E-state index >= 15 is 0 Å². The van der Waals surface area contributed by atoms with Crippen LogP contribution in [0.15, 0.2) is 27.5 Å². The lowest BCUT2D eigenvalue weighted by atomic mass is 10.3. The lowest BCUT2D eigenvalue weighted by molar-refractivity contribution is 0.186. The maximum Gasteiger partial charge on any atom is 0.246 e. The summed E-state index contributed by atoms with van der Waals surface area (Å²) >= 11 is 5.98. The molecule has 0 bridgehead atoms. The Morgan fingerprint density at radius 2 is 1.96 bits per heavy atom. The fraction of sp³-hybridized carbons (Fsp3) is 0.500. The van der Waals surface area contributed by atoms with Gasteiger partial charge in [-0.25, -0.2) is 8.42 Å². The first kappa shape index (κ1) is 19.1. The molecule has 0 atom stereocenters. The van der Waals surface area contributed by atoms with Gasteiger partial charge in [-0.05, 0) is 18.2 Å². The van der Waals surface area contributed by atoms with E-state index in [1.807, 2.05) is 0 Å². The smallest absolute Gasteiger partial charge is 0.246 e. The Balaban J connectivity index is 1.62. The van der Waals surface area contributed by atoms with Gasteiger partial charge in [0, 0.05) is 51.1 Å². The number of piperazine rings is 1. The number of aromatic nitrogens is 2. The van der Waals surface area contributed by atoms with Gasteiger partial charge < -0.3 is 14.1 Å². The van der Waals surface area contributed by atoms with Gasteiger partial charge in [0.1, 0.15) is 10.6 Å². The predicted molar refractivity (Wildman–Crippen MR) is 95.9 cm³/mol. The molecule has 0 radical (unpaired) electrons. The fourth-order valence-electron chi connectivity index (χ4n) is 2.88. The van der Waals surface area contributed by atoms with Crippen molar-refractivity contribution >= 4 is 21.6 Å². The number of halogens is 1. The number of hydrogen-bond donors (Lipinski definition) is 0. The molecule has 1 aromatic heterocycles. The summed E-state index contributed by atoms with van der Waals surface area (Å²) in [5.74, 6) is 1.44. The third-order valence-electron chi connectivity index (χ3n) is 4.28. The van der Waals surface area contributed by atoms with Gasteiger partial charge in [-0.1, -0.05) is 11.6 Å². The first-order chi connectivity index (χ1) is 12.4. The molecule has 142 valence electrons. The molecule has 3 rings (SSSR count). The van der Waals surface area contributed by atoms with Crippen molar-refractivity contribution in [3.05, 3.63) is 35.0 Å². The summed E-state index contributed by atoms with van der Waals surface area (Å²) < 4.78 is 37.9. The van der Waals surface area contributed by atoms with E-state index in [2.05, 4.69) is 15.1 Å². The monoisotopic (exact) mass is 400 g/mol. The van der Waals surface area contributed by atoms with Crippen molar-refractivity contribution in [1.82, 2.24) is 19.4 Å². The first-order valence-electron chi connectivity index (χ1n) is 8.25. The highest BCUT2D eigenvalue weighted by atomic mass is 35.5. The number of methoxy groups -OCH3 is 1. The average Bonchev–Trinajstić information content (AvgIpc) is 3.05. The van der Waals surface area contributed by atoms with E-state index in [0.717, 1.165) is 6.54 Å². The van der Waals surface area contributed by atoms with Crippen molar-refractivity contribution in [2.75, 3.05) is 39.8 Å². The Morgan fingerprint density at radius 3 is 2.58 bits per heavy atom. The minimum absolute atomic E-state index is 0.0993. The van der Waals surface area contributed by atoms with Gasteiger partial charge in [0.05, 0.1) is 7.11 Å². The van der Waals surface area contributed by atoms with Crippen LogP contribution in [0.2, 0.25) is 5.02 Å². The molecule has 1 aliphatic rings. The van der Waals surface area contributed by atoms with E-state index in [-0.39, 0.29) is 4.90 Å². The molecule has 0 spiro atoms. The van der Waals surface area contributed by atoms with Crippen LogP contribution in [0.5, 0.6) is 5.75 Å². The number of benzene rings is 1. The third kappa shape index (κ3) is 4.17. The zero-order valence-corrected chi connectivity index (χ0v) is 16.3. The maximum atomic E-state index is 12.9. The lowest BCUT2D eigenvalue weighted by Crippen LogP contribution is -2.49. The third-order valence-corrected chi connectivity index (χ3v) is 6.44. The molecule has 26 heavy (non-hydrogen) atoms. The Hall–Kier alpha value is -1.68. The van der Waals surface area contributed by atoms with Gasteiger partial charge in [-0.2, -0.15) is 4.31 Å². The molecule has 1 saturated heterocycles. The number of rotatable bonds is 6. The van der Waals surface area contributed by atoms with E-state index < -0.39 is 10.0 Å². The summed E-state index contributed by atoms with van der Waals surface area (Å²) in [7, 11) is -2.21. The number of aryl methyl sites for hydroxylation is 1. The minimum atomic E-state index is -3.66. The summed E-state index contributed by atoms with van der Waals surface area (Å²) in [6.07, 6.45) is 0.649. The van der Waals surface area contributed by atoms with Gasteiger partial charge in [0.15, 0.2) is 0 Å². The highest BCUT2D eigenvalue weighted by molar-refractivity contribution is 7.89. The van der Waals surface area contributed by atoms with Crippen LogP contribution in [0.4, 0.5) is 0 Å². The van der Waals surface area contributed by atoms with Gasteiger partial charge in [0.2, 0.25) is 21.8 Å². The number of hydrogen-bond acceptors (Lipinski definition) is 7.